The molecule has 0 unspecified atom stereocenters. The molecule has 4 heterocycles. The van der Waals surface area contributed by atoms with Crippen LogP contribution in [0.3, 0.4) is 0 Å². The van der Waals surface area contributed by atoms with Gasteiger partial charge in [-0.05, 0) is 72.9 Å². The van der Waals surface area contributed by atoms with E-state index in [0.717, 1.165) is 76.7 Å². The van der Waals surface area contributed by atoms with E-state index in [9.17, 15) is 14.7 Å². The molecule has 4 aliphatic rings. The first-order valence-electron chi connectivity index (χ1n) is 18.4. The maximum absolute atomic E-state index is 11.9. The summed E-state index contributed by atoms with van der Waals surface area (Å²) in [5.74, 6) is 0.866. The largest absolute Gasteiger partial charge is 0.481 e. The van der Waals surface area contributed by atoms with Gasteiger partial charge in [-0.2, -0.15) is 4.98 Å². The van der Waals surface area contributed by atoms with Crippen LogP contribution in [0.15, 0.2) is 48.5 Å². The molecule has 2 aliphatic heterocycles. The number of hydrogen-bond acceptors (Lipinski definition) is 9. The molecule has 1 saturated carbocycles. The summed E-state index contributed by atoms with van der Waals surface area (Å²) in [5.41, 5.74) is 7.82. The number of fused-ring (bicyclic) bond motifs is 2. The van der Waals surface area contributed by atoms with E-state index >= 15 is 0 Å². The third-order valence-corrected chi connectivity index (χ3v) is 12.2. The quantitative estimate of drug-likeness (QED) is 0.134. The smallest absolute Gasteiger partial charge is 0.311 e. The molecule has 3 fully saturated rings. The van der Waals surface area contributed by atoms with Crippen molar-refractivity contribution in [3.63, 3.8) is 0 Å². The van der Waals surface area contributed by atoms with E-state index in [-0.39, 0.29) is 24.0 Å². The number of nitrogens with one attached hydrogen (secondary N) is 2. The SMILES string of the molecule is COc1nc(O[C@H]2CCc3c(-c4cccc(-c5cc(C)c(CN6C[C@@H]7C[C@]7(C(=O)O)C6)c(OC)n5)c4Cl)cccc32)c(Cl)cc1CNC[C@@H]1CCC(=O)N1. The first kappa shape index (κ1) is 36.6. The fourth-order valence-corrected chi connectivity index (χ4v) is 9.13. The minimum atomic E-state index is -0.695. The van der Waals surface area contributed by atoms with Crippen LogP contribution in [0, 0.1) is 18.3 Å². The molecule has 54 heavy (non-hydrogen) atoms. The first-order chi connectivity index (χ1) is 26.1. The molecule has 1 amide bonds. The van der Waals surface area contributed by atoms with E-state index in [2.05, 4.69) is 32.7 Å². The van der Waals surface area contributed by atoms with E-state index in [4.69, 9.17) is 42.4 Å². The van der Waals surface area contributed by atoms with Gasteiger partial charge in [0.15, 0.2) is 0 Å². The predicted molar refractivity (Wildman–Crippen MR) is 205 cm³/mol. The number of piperidine rings is 1. The van der Waals surface area contributed by atoms with Crippen molar-refractivity contribution in [1.29, 1.82) is 0 Å². The Balaban J connectivity index is 1.01. The lowest BCUT2D eigenvalue weighted by molar-refractivity contribution is -0.143. The van der Waals surface area contributed by atoms with E-state index in [1.807, 2.05) is 43.3 Å². The van der Waals surface area contributed by atoms with Crippen LogP contribution in [0.2, 0.25) is 10.0 Å². The maximum atomic E-state index is 11.9. The van der Waals surface area contributed by atoms with Gasteiger partial charge in [-0.3, -0.25) is 14.5 Å². The lowest BCUT2D eigenvalue weighted by Crippen LogP contribution is -2.35. The number of ether oxygens (including phenoxy) is 3. The third kappa shape index (κ3) is 6.76. The molecule has 0 bridgehead atoms. The lowest BCUT2D eigenvalue weighted by Gasteiger charge is -2.22. The van der Waals surface area contributed by atoms with E-state index in [1.165, 1.54) is 0 Å². The molecule has 8 rings (SSSR count). The third-order valence-electron chi connectivity index (χ3n) is 11.5. The minimum absolute atomic E-state index is 0.0857. The number of amides is 1. The highest BCUT2D eigenvalue weighted by molar-refractivity contribution is 6.36. The first-order valence-corrected chi connectivity index (χ1v) is 19.2. The summed E-state index contributed by atoms with van der Waals surface area (Å²) in [4.78, 5) is 35.2. The summed E-state index contributed by atoms with van der Waals surface area (Å²) in [6.45, 7) is 5.06. The number of nitrogens with zero attached hydrogens (tertiary/aromatic N) is 3. The lowest BCUT2D eigenvalue weighted by atomic mass is 9.94. The van der Waals surface area contributed by atoms with Crippen molar-refractivity contribution in [3.8, 4) is 40.0 Å². The molecule has 11 nitrogen and oxygen atoms in total. The molecule has 2 aliphatic carbocycles. The van der Waals surface area contributed by atoms with Crippen LogP contribution in [0.5, 0.6) is 17.6 Å². The van der Waals surface area contributed by atoms with Gasteiger partial charge < -0.3 is 30.0 Å². The van der Waals surface area contributed by atoms with Crippen molar-refractivity contribution in [3.05, 3.63) is 86.4 Å². The fraction of sp³-hybridized carbons (Fsp3) is 0.415. The Morgan fingerprint density at radius 1 is 1.02 bits per heavy atom. The number of rotatable bonds is 13. The van der Waals surface area contributed by atoms with Gasteiger partial charge in [0.2, 0.25) is 23.5 Å². The van der Waals surface area contributed by atoms with Crippen LogP contribution in [-0.2, 0) is 29.1 Å². The van der Waals surface area contributed by atoms with Crippen LogP contribution in [0.1, 0.15) is 59.6 Å². The maximum Gasteiger partial charge on any atom is 0.311 e. The highest BCUT2D eigenvalue weighted by Crippen LogP contribution is 2.58. The molecule has 282 valence electrons. The molecule has 3 N–H and O–H groups in total. The van der Waals surface area contributed by atoms with Gasteiger partial charge >= 0.3 is 5.97 Å². The number of hydrogen-bond donors (Lipinski definition) is 3. The summed E-state index contributed by atoms with van der Waals surface area (Å²) in [7, 11) is 3.19. The molecule has 2 aromatic carbocycles. The Kier molecular flexibility index (Phi) is 9.93. The number of aryl methyl sites for hydroxylation is 1. The van der Waals surface area contributed by atoms with Crippen molar-refractivity contribution in [2.45, 2.75) is 64.3 Å². The second-order valence-corrected chi connectivity index (χ2v) is 15.7. The van der Waals surface area contributed by atoms with Gasteiger partial charge in [0.05, 0.1) is 30.4 Å². The number of halogens is 2. The summed E-state index contributed by atoms with van der Waals surface area (Å²) < 4.78 is 17.9. The Morgan fingerprint density at radius 3 is 2.54 bits per heavy atom. The second kappa shape index (κ2) is 14.7. The Hall–Kier alpha value is -4.42. The molecule has 2 aromatic heterocycles. The Morgan fingerprint density at radius 2 is 1.80 bits per heavy atom. The molecule has 2 saturated heterocycles. The van der Waals surface area contributed by atoms with Gasteiger partial charge in [0, 0.05) is 67.4 Å². The van der Waals surface area contributed by atoms with Crippen LogP contribution in [-0.4, -0.2) is 71.7 Å². The summed E-state index contributed by atoms with van der Waals surface area (Å²) in [6, 6.07) is 16.2. The summed E-state index contributed by atoms with van der Waals surface area (Å²) >= 11 is 14.0. The Bertz CT molecular complexity index is 2150. The number of aliphatic carboxylic acids is 1. The normalized spacial score (nSPS) is 22.8. The molecular formula is C41H43Cl2N5O6. The zero-order valence-electron chi connectivity index (χ0n) is 30.5. The van der Waals surface area contributed by atoms with Crippen molar-refractivity contribution in [1.82, 2.24) is 25.5 Å². The average molecular weight is 773 g/mol. The van der Waals surface area contributed by atoms with Gasteiger partial charge in [0.1, 0.15) is 11.1 Å². The van der Waals surface area contributed by atoms with Gasteiger partial charge in [-0.25, -0.2) is 4.98 Å². The number of methoxy groups -OCH3 is 2. The van der Waals surface area contributed by atoms with Crippen LogP contribution in [0.4, 0.5) is 0 Å². The van der Waals surface area contributed by atoms with E-state index in [1.54, 1.807) is 14.2 Å². The number of aromatic nitrogens is 2. The summed E-state index contributed by atoms with van der Waals surface area (Å²) in [6.07, 6.45) is 3.40. The summed E-state index contributed by atoms with van der Waals surface area (Å²) in [5, 5.41) is 17.1. The van der Waals surface area contributed by atoms with Gasteiger partial charge in [0.25, 0.3) is 0 Å². The monoisotopic (exact) mass is 771 g/mol. The van der Waals surface area contributed by atoms with Crippen LogP contribution < -0.4 is 24.8 Å². The van der Waals surface area contributed by atoms with Gasteiger partial charge in [-0.15, -0.1) is 0 Å². The van der Waals surface area contributed by atoms with E-state index in [0.29, 0.717) is 66.0 Å². The molecule has 4 aromatic rings. The fourth-order valence-electron chi connectivity index (χ4n) is 8.59. The standard InChI is InChI=1S/C41H43Cl2N5O6/c1-22-14-33(46-38(53-3)31(22)20-48-19-24-16-41(24,21-48)40(50)51)30-9-5-8-29(36(30)43)26-6-4-7-28-27(26)11-12-34(28)54-39-32(42)15-23(37(47-39)52-2)17-44-18-25-10-13-35(49)45-25/h4-9,14-15,24-25,34,44H,10-13,16-21H2,1-3H3,(H,45,49)(H,50,51)/t24-,25-,34-,41-/m0/s1. The predicted octanol–water partition coefficient (Wildman–Crippen LogP) is 6.78. The molecule has 0 radical (unpaired) electrons. The average Bonchev–Trinajstić information content (AvgIpc) is 3.43. The zero-order chi connectivity index (χ0) is 37.7. The molecular weight excluding hydrogens is 729 g/mol. The van der Waals surface area contributed by atoms with Crippen LogP contribution >= 0.6 is 23.2 Å². The molecule has 13 heteroatoms. The van der Waals surface area contributed by atoms with Crippen molar-refractivity contribution in [2.75, 3.05) is 33.9 Å². The Labute approximate surface area is 324 Å². The van der Waals surface area contributed by atoms with Crippen molar-refractivity contribution in [2.24, 2.45) is 11.3 Å². The number of likely N-dealkylation sites (tertiary alicyclic amines) is 1. The zero-order valence-corrected chi connectivity index (χ0v) is 32.0. The molecule has 0 spiro atoms. The number of carbonyl (C=O) groups is 2. The topological polar surface area (TPSA) is 135 Å². The van der Waals surface area contributed by atoms with Gasteiger partial charge in [-0.1, -0.05) is 59.6 Å². The minimum Gasteiger partial charge on any atom is -0.481 e. The van der Waals surface area contributed by atoms with Crippen molar-refractivity contribution >= 4 is 35.1 Å². The molecule has 4 atom stereocenters. The highest BCUT2D eigenvalue weighted by atomic mass is 35.5. The van der Waals surface area contributed by atoms with E-state index < -0.39 is 11.4 Å². The number of carboxylic acid groups (broad SMARTS) is 1. The van der Waals surface area contributed by atoms with Crippen LogP contribution in [0.25, 0.3) is 22.4 Å². The number of pyridine rings is 2. The second-order valence-electron chi connectivity index (χ2n) is 14.9. The number of carboxylic acids is 1. The number of carbonyl (C=O) groups excluding carboxylic acids is 1. The van der Waals surface area contributed by atoms with Crippen molar-refractivity contribution < 1.29 is 28.9 Å². The number of benzene rings is 2. The highest BCUT2D eigenvalue weighted by Gasteiger charge is 2.65.